The zero-order valence-electron chi connectivity index (χ0n) is 13.7. The molecule has 0 spiro atoms. The number of benzene rings is 2. The van der Waals surface area contributed by atoms with Gasteiger partial charge in [-0.2, -0.15) is 5.26 Å². The van der Waals surface area contributed by atoms with Crippen LogP contribution in [-0.2, 0) is 0 Å². The molecule has 0 fully saturated rings. The van der Waals surface area contributed by atoms with Crippen LogP contribution in [0.1, 0.15) is 11.1 Å². The van der Waals surface area contributed by atoms with E-state index in [1.165, 1.54) is 18.2 Å². The number of nitrogens with zero attached hydrogens (tertiary/aromatic N) is 3. The molecule has 0 aliphatic heterocycles. The normalized spacial score (nSPS) is 10.3. The molecule has 2 N–H and O–H groups in total. The lowest BCUT2D eigenvalue weighted by atomic mass is 9.97. The summed E-state index contributed by atoms with van der Waals surface area (Å²) in [5, 5.41) is 21.2. The van der Waals surface area contributed by atoms with E-state index in [0.717, 1.165) is 11.1 Å². The predicted octanol–water partition coefficient (Wildman–Crippen LogP) is 4.74. The van der Waals surface area contributed by atoms with Crippen LogP contribution in [0.25, 0.3) is 22.4 Å². The number of rotatable bonds is 3. The number of pyridine rings is 1. The fourth-order valence-electron chi connectivity index (χ4n) is 2.65. The van der Waals surface area contributed by atoms with E-state index >= 15 is 0 Å². The summed E-state index contributed by atoms with van der Waals surface area (Å²) in [6.45, 7) is 1.96. The van der Waals surface area contributed by atoms with Gasteiger partial charge in [-0.15, -0.1) is 0 Å². The second-order valence-corrected chi connectivity index (χ2v) is 6.15. The van der Waals surface area contributed by atoms with Crippen molar-refractivity contribution in [1.29, 1.82) is 5.26 Å². The van der Waals surface area contributed by atoms with Crippen LogP contribution in [0.15, 0.2) is 48.5 Å². The molecule has 1 aromatic heterocycles. The zero-order valence-corrected chi connectivity index (χ0v) is 14.5. The second kappa shape index (κ2) is 6.82. The molecule has 2 aromatic carbocycles. The maximum absolute atomic E-state index is 11.4. The van der Waals surface area contributed by atoms with Gasteiger partial charge in [0.2, 0.25) is 0 Å². The Morgan fingerprint density at radius 3 is 2.46 bits per heavy atom. The van der Waals surface area contributed by atoms with E-state index in [4.69, 9.17) is 17.3 Å². The number of nitriles is 1. The van der Waals surface area contributed by atoms with E-state index in [9.17, 15) is 15.4 Å². The first kappa shape index (κ1) is 17.4. The molecule has 0 saturated heterocycles. The number of aryl methyl sites for hydroxylation is 1. The Morgan fingerprint density at radius 1 is 1.15 bits per heavy atom. The van der Waals surface area contributed by atoms with E-state index in [1.807, 2.05) is 37.3 Å². The lowest BCUT2D eigenvalue weighted by molar-refractivity contribution is -0.384. The number of nitrogen functional groups attached to an aromatic ring is 1. The van der Waals surface area contributed by atoms with E-state index < -0.39 is 4.92 Å². The van der Waals surface area contributed by atoms with Gasteiger partial charge in [0.25, 0.3) is 5.69 Å². The Bertz CT molecular complexity index is 1060. The molecule has 0 aliphatic carbocycles. The molecule has 0 radical (unpaired) electrons. The van der Waals surface area contributed by atoms with Gasteiger partial charge in [-0.05, 0) is 25.1 Å². The van der Waals surface area contributed by atoms with Crippen molar-refractivity contribution >= 4 is 23.1 Å². The monoisotopic (exact) mass is 364 g/mol. The van der Waals surface area contributed by atoms with Crippen LogP contribution in [0.3, 0.4) is 0 Å². The Balaban J connectivity index is 2.31. The summed E-state index contributed by atoms with van der Waals surface area (Å²) in [4.78, 5) is 15.2. The largest absolute Gasteiger partial charge is 0.383 e. The highest BCUT2D eigenvalue weighted by Crippen LogP contribution is 2.37. The Morgan fingerprint density at radius 2 is 1.85 bits per heavy atom. The summed E-state index contributed by atoms with van der Waals surface area (Å²) in [7, 11) is 0. The van der Waals surface area contributed by atoms with E-state index in [-0.39, 0.29) is 22.6 Å². The molecule has 0 amide bonds. The smallest absolute Gasteiger partial charge is 0.277 e. The van der Waals surface area contributed by atoms with Gasteiger partial charge < -0.3 is 5.73 Å². The summed E-state index contributed by atoms with van der Waals surface area (Å²) in [6.07, 6.45) is 0. The van der Waals surface area contributed by atoms with Crippen molar-refractivity contribution in [2.45, 2.75) is 6.92 Å². The highest BCUT2D eigenvalue weighted by atomic mass is 35.5. The summed E-state index contributed by atoms with van der Waals surface area (Å²) >= 11 is 6.03. The Labute approximate surface area is 154 Å². The lowest BCUT2D eigenvalue weighted by Crippen LogP contribution is -2.01. The molecule has 1 heterocycles. The van der Waals surface area contributed by atoms with Crippen LogP contribution in [-0.4, -0.2) is 9.91 Å². The molecular weight excluding hydrogens is 352 g/mol. The van der Waals surface area contributed by atoms with E-state index in [1.54, 1.807) is 6.07 Å². The Kier molecular flexibility index (Phi) is 4.57. The van der Waals surface area contributed by atoms with Crippen LogP contribution in [0, 0.1) is 28.4 Å². The molecule has 0 bridgehead atoms. The molecule has 0 unspecified atom stereocenters. The molecule has 0 saturated carbocycles. The molecule has 3 rings (SSSR count). The van der Waals surface area contributed by atoms with Crippen LogP contribution < -0.4 is 5.73 Å². The molecule has 26 heavy (non-hydrogen) atoms. The first-order valence-electron chi connectivity index (χ1n) is 7.62. The molecule has 0 atom stereocenters. The quantitative estimate of drug-likeness (QED) is 0.533. The molecular formula is C19H13ClN4O2. The van der Waals surface area contributed by atoms with Gasteiger partial charge in [-0.3, -0.25) is 10.1 Å². The highest BCUT2D eigenvalue weighted by Gasteiger charge is 2.21. The van der Waals surface area contributed by atoms with E-state index in [0.29, 0.717) is 16.3 Å². The molecule has 128 valence electrons. The summed E-state index contributed by atoms with van der Waals surface area (Å²) < 4.78 is 0. The molecule has 0 aliphatic rings. The van der Waals surface area contributed by atoms with E-state index in [2.05, 4.69) is 4.98 Å². The third kappa shape index (κ3) is 3.21. The van der Waals surface area contributed by atoms with Crippen molar-refractivity contribution in [2.75, 3.05) is 5.73 Å². The van der Waals surface area contributed by atoms with Gasteiger partial charge in [0.15, 0.2) is 0 Å². The predicted molar refractivity (Wildman–Crippen MR) is 101 cm³/mol. The fourth-order valence-corrected chi connectivity index (χ4v) is 2.82. The van der Waals surface area contributed by atoms with Crippen molar-refractivity contribution in [3.63, 3.8) is 0 Å². The third-order valence-corrected chi connectivity index (χ3v) is 4.19. The van der Waals surface area contributed by atoms with Crippen LogP contribution in [0.2, 0.25) is 5.02 Å². The standard InChI is InChI=1S/C19H13ClN4O2/c1-11-2-4-12(5-3-11)17-9-14(16(10-21)19(22)23-17)15-8-13(20)6-7-18(15)24(25)26/h2-9H,1H3,(H2,22,23). The summed E-state index contributed by atoms with van der Waals surface area (Å²) in [5.41, 5.74) is 8.82. The SMILES string of the molecule is Cc1ccc(-c2cc(-c3cc(Cl)ccc3[N+](=O)[O-])c(C#N)c(N)n2)cc1. The van der Waals surface area contributed by atoms with Crippen molar-refractivity contribution in [2.24, 2.45) is 0 Å². The average Bonchev–Trinajstić information content (AvgIpc) is 2.61. The zero-order chi connectivity index (χ0) is 18.8. The minimum atomic E-state index is -0.519. The number of hydrogen-bond acceptors (Lipinski definition) is 5. The number of nitro groups is 1. The van der Waals surface area contributed by atoms with Crippen molar-refractivity contribution < 1.29 is 4.92 Å². The second-order valence-electron chi connectivity index (χ2n) is 5.71. The minimum absolute atomic E-state index is 0.00912. The van der Waals surface area contributed by atoms with Crippen LogP contribution >= 0.6 is 11.6 Å². The first-order valence-corrected chi connectivity index (χ1v) is 8.00. The maximum atomic E-state index is 11.4. The number of halogens is 1. The average molecular weight is 365 g/mol. The van der Waals surface area contributed by atoms with Gasteiger partial charge in [-0.1, -0.05) is 41.4 Å². The Hall–Kier alpha value is -3.43. The van der Waals surface area contributed by atoms with Crippen molar-refractivity contribution in [3.05, 3.63) is 74.8 Å². The summed E-state index contributed by atoms with van der Waals surface area (Å²) in [6, 6.07) is 15.4. The maximum Gasteiger partial charge on any atom is 0.277 e. The third-order valence-electron chi connectivity index (χ3n) is 3.95. The van der Waals surface area contributed by atoms with Crippen molar-refractivity contribution in [1.82, 2.24) is 4.98 Å². The minimum Gasteiger partial charge on any atom is -0.383 e. The highest BCUT2D eigenvalue weighted by molar-refractivity contribution is 6.31. The van der Waals surface area contributed by atoms with Gasteiger partial charge in [0.1, 0.15) is 17.5 Å². The van der Waals surface area contributed by atoms with Gasteiger partial charge >= 0.3 is 0 Å². The number of nitro benzene ring substituents is 1. The number of nitrogens with two attached hydrogens (primary N) is 1. The number of hydrogen-bond donors (Lipinski definition) is 1. The van der Waals surface area contributed by atoms with Gasteiger partial charge in [0, 0.05) is 22.2 Å². The van der Waals surface area contributed by atoms with Gasteiger partial charge in [0.05, 0.1) is 16.2 Å². The molecule has 7 heteroatoms. The number of aromatic nitrogens is 1. The van der Waals surface area contributed by atoms with Crippen molar-refractivity contribution in [3.8, 4) is 28.5 Å². The van der Waals surface area contributed by atoms with Crippen LogP contribution in [0.5, 0.6) is 0 Å². The fraction of sp³-hybridized carbons (Fsp3) is 0.0526. The lowest BCUT2D eigenvalue weighted by Gasteiger charge is -2.11. The summed E-state index contributed by atoms with van der Waals surface area (Å²) in [5.74, 6) is 0.00912. The van der Waals surface area contributed by atoms with Gasteiger partial charge in [-0.25, -0.2) is 4.98 Å². The number of anilines is 1. The van der Waals surface area contributed by atoms with Crippen LogP contribution in [0.4, 0.5) is 11.5 Å². The first-order chi connectivity index (χ1) is 12.4. The molecule has 3 aromatic rings. The molecule has 6 nitrogen and oxygen atoms in total. The topological polar surface area (TPSA) is 106 Å².